The predicted molar refractivity (Wildman–Crippen MR) is 89.9 cm³/mol. The summed E-state index contributed by atoms with van der Waals surface area (Å²) < 4.78 is 0. The van der Waals surface area contributed by atoms with Crippen molar-refractivity contribution in [3.8, 4) is 0 Å². The average Bonchev–Trinajstić information content (AvgIpc) is 2.72. The van der Waals surface area contributed by atoms with Crippen LogP contribution < -0.4 is 10.6 Å². The molecule has 1 unspecified atom stereocenters. The summed E-state index contributed by atoms with van der Waals surface area (Å²) >= 11 is 0. The summed E-state index contributed by atoms with van der Waals surface area (Å²) in [5, 5.41) is 6.65. The number of halogens is 1. The van der Waals surface area contributed by atoms with Crippen LogP contribution >= 0.6 is 24.0 Å². The van der Waals surface area contributed by atoms with Crippen molar-refractivity contribution in [2.75, 3.05) is 26.2 Å². The zero-order chi connectivity index (χ0) is 12.7. The van der Waals surface area contributed by atoms with Crippen LogP contribution in [0, 0.1) is 0 Å². The molecular weight excluding hydrogens is 339 g/mol. The van der Waals surface area contributed by atoms with E-state index in [4.69, 9.17) is 0 Å². The summed E-state index contributed by atoms with van der Waals surface area (Å²) in [6.07, 6.45) is 2.61. The van der Waals surface area contributed by atoms with Crippen molar-refractivity contribution in [1.82, 2.24) is 15.5 Å². The molecule has 0 radical (unpaired) electrons. The van der Waals surface area contributed by atoms with Gasteiger partial charge in [-0.05, 0) is 46.7 Å². The molecule has 1 heterocycles. The second-order valence-electron chi connectivity index (χ2n) is 4.94. The lowest BCUT2D eigenvalue weighted by molar-refractivity contribution is 0.273. The molecule has 0 aromatic carbocycles. The smallest absolute Gasteiger partial charge is 0.191 e. The zero-order valence-electron chi connectivity index (χ0n) is 12.2. The molecule has 0 spiro atoms. The highest BCUT2D eigenvalue weighted by Crippen LogP contribution is 2.16. The Morgan fingerprint density at radius 3 is 2.67 bits per heavy atom. The lowest BCUT2D eigenvalue weighted by atomic mass is 10.2. The highest BCUT2D eigenvalue weighted by atomic mass is 127. The molecule has 1 aliphatic rings. The predicted octanol–water partition coefficient (Wildman–Crippen LogP) is 2.05. The van der Waals surface area contributed by atoms with E-state index < -0.39 is 0 Å². The molecule has 0 aliphatic carbocycles. The first-order valence-electron chi connectivity index (χ1n) is 6.96. The third-order valence-corrected chi connectivity index (χ3v) is 3.14. The summed E-state index contributed by atoms with van der Waals surface area (Å²) in [6, 6.07) is 1.07. The minimum Gasteiger partial charge on any atom is -0.357 e. The lowest BCUT2D eigenvalue weighted by Crippen LogP contribution is -2.42. The van der Waals surface area contributed by atoms with Gasteiger partial charge >= 0.3 is 0 Å². The van der Waals surface area contributed by atoms with Crippen LogP contribution in [0.1, 0.15) is 40.5 Å². The summed E-state index contributed by atoms with van der Waals surface area (Å²) in [7, 11) is 0. The number of aliphatic imine (C=N–C) groups is 1. The molecule has 0 amide bonds. The summed E-state index contributed by atoms with van der Waals surface area (Å²) in [5.74, 6) is 0.949. The second kappa shape index (κ2) is 9.83. The van der Waals surface area contributed by atoms with Gasteiger partial charge in [0.2, 0.25) is 0 Å². The lowest BCUT2D eigenvalue weighted by Gasteiger charge is -2.22. The van der Waals surface area contributed by atoms with Crippen LogP contribution in [0.4, 0.5) is 0 Å². The van der Waals surface area contributed by atoms with E-state index in [-0.39, 0.29) is 24.0 Å². The molecule has 2 N–H and O–H groups in total. The van der Waals surface area contributed by atoms with E-state index in [0.717, 1.165) is 25.6 Å². The molecule has 108 valence electrons. The number of likely N-dealkylation sites (N-methyl/N-ethyl adjacent to an activating group) is 1. The Kier molecular flexibility index (Phi) is 9.81. The van der Waals surface area contributed by atoms with E-state index in [9.17, 15) is 0 Å². The number of rotatable bonds is 5. The minimum atomic E-state index is 0. The van der Waals surface area contributed by atoms with Crippen molar-refractivity contribution < 1.29 is 0 Å². The van der Waals surface area contributed by atoms with Crippen LogP contribution in [0.5, 0.6) is 0 Å². The van der Waals surface area contributed by atoms with Gasteiger partial charge in [0.05, 0.1) is 6.54 Å². The van der Waals surface area contributed by atoms with Crippen molar-refractivity contribution in [2.45, 2.75) is 52.6 Å². The SMILES string of the molecule is CCNC(=NCC1CCCN1CC)NC(C)C.I. The average molecular weight is 368 g/mol. The quantitative estimate of drug-likeness (QED) is 0.443. The zero-order valence-corrected chi connectivity index (χ0v) is 14.5. The second-order valence-corrected chi connectivity index (χ2v) is 4.94. The maximum absolute atomic E-state index is 4.69. The van der Waals surface area contributed by atoms with Crippen LogP contribution in [0.2, 0.25) is 0 Å². The van der Waals surface area contributed by atoms with Gasteiger partial charge in [-0.25, -0.2) is 0 Å². The van der Waals surface area contributed by atoms with E-state index in [1.807, 2.05) is 0 Å². The summed E-state index contributed by atoms with van der Waals surface area (Å²) in [4.78, 5) is 7.22. The van der Waals surface area contributed by atoms with E-state index in [0.29, 0.717) is 12.1 Å². The molecule has 4 nitrogen and oxygen atoms in total. The Morgan fingerprint density at radius 2 is 2.11 bits per heavy atom. The Hall–Kier alpha value is -0.0400. The first kappa shape index (κ1) is 18.0. The normalized spacial score (nSPS) is 20.9. The maximum atomic E-state index is 4.69. The van der Waals surface area contributed by atoms with Crippen LogP contribution in [0.3, 0.4) is 0 Å². The van der Waals surface area contributed by atoms with Gasteiger partial charge in [0.15, 0.2) is 5.96 Å². The first-order valence-corrected chi connectivity index (χ1v) is 6.96. The van der Waals surface area contributed by atoms with Gasteiger partial charge in [0.25, 0.3) is 0 Å². The van der Waals surface area contributed by atoms with Crippen LogP contribution in [0.25, 0.3) is 0 Å². The van der Waals surface area contributed by atoms with Crippen LogP contribution in [-0.2, 0) is 0 Å². The standard InChI is InChI=1S/C13H28N4.HI/c1-5-14-13(16-11(3)4)15-10-12-8-7-9-17(12)6-2;/h11-12H,5-10H2,1-4H3,(H2,14,15,16);1H. The van der Waals surface area contributed by atoms with Crippen LogP contribution in [0.15, 0.2) is 4.99 Å². The first-order chi connectivity index (χ1) is 8.17. The highest BCUT2D eigenvalue weighted by molar-refractivity contribution is 14.0. The Morgan fingerprint density at radius 1 is 1.39 bits per heavy atom. The van der Waals surface area contributed by atoms with Crippen molar-refractivity contribution in [3.05, 3.63) is 0 Å². The molecule has 18 heavy (non-hydrogen) atoms. The fourth-order valence-corrected chi connectivity index (χ4v) is 2.31. The monoisotopic (exact) mass is 368 g/mol. The number of hydrogen-bond donors (Lipinski definition) is 2. The number of guanidine groups is 1. The van der Waals surface area contributed by atoms with Crippen LogP contribution in [-0.4, -0.2) is 49.1 Å². The largest absolute Gasteiger partial charge is 0.357 e. The fourth-order valence-electron chi connectivity index (χ4n) is 2.31. The third-order valence-electron chi connectivity index (χ3n) is 3.14. The van der Waals surface area contributed by atoms with Crippen molar-refractivity contribution in [1.29, 1.82) is 0 Å². The fraction of sp³-hybridized carbons (Fsp3) is 0.923. The minimum absolute atomic E-state index is 0. The van der Waals surface area contributed by atoms with Gasteiger partial charge in [-0.1, -0.05) is 6.92 Å². The van der Waals surface area contributed by atoms with Gasteiger partial charge < -0.3 is 10.6 Å². The molecule has 1 rings (SSSR count). The van der Waals surface area contributed by atoms with Crippen molar-refractivity contribution in [3.63, 3.8) is 0 Å². The molecule has 5 heteroatoms. The third kappa shape index (κ3) is 6.22. The molecule has 0 aromatic heterocycles. The Balaban J connectivity index is 0.00000289. The van der Waals surface area contributed by atoms with Crippen molar-refractivity contribution in [2.24, 2.45) is 4.99 Å². The molecule has 1 fully saturated rings. The molecule has 0 saturated carbocycles. The molecule has 1 aliphatic heterocycles. The van der Waals surface area contributed by atoms with Gasteiger partial charge in [0, 0.05) is 18.6 Å². The van der Waals surface area contributed by atoms with Crippen molar-refractivity contribution >= 4 is 29.9 Å². The number of hydrogen-bond acceptors (Lipinski definition) is 2. The number of nitrogens with one attached hydrogen (secondary N) is 2. The maximum Gasteiger partial charge on any atom is 0.191 e. The van der Waals surface area contributed by atoms with Gasteiger partial charge in [-0.15, -0.1) is 24.0 Å². The molecule has 1 atom stereocenters. The molecule has 0 aromatic rings. The Bertz CT molecular complexity index is 243. The van der Waals surface area contributed by atoms with E-state index in [1.165, 1.54) is 19.4 Å². The topological polar surface area (TPSA) is 39.7 Å². The molecule has 0 bridgehead atoms. The highest BCUT2D eigenvalue weighted by Gasteiger charge is 2.22. The van der Waals surface area contributed by atoms with Gasteiger partial charge in [-0.2, -0.15) is 0 Å². The summed E-state index contributed by atoms with van der Waals surface area (Å²) in [5.41, 5.74) is 0. The molecule has 1 saturated heterocycles. The Labute approximate surface area is 129 Å². The van der Waals surface area contributed by atoms with Gasteiger partial charge in [0.1, 0.15) is 0 Å². The van der Waals surface area contributed by atoms with Gasteiger partial charge in [-0.3, -0.25) is 9.89 Å². The van der Waals surface area contributed by atoms with E-state index in [2.05, 4.69) is 48.2 Å². The number of nitrogens with zero attached hydrogens (tertiary/aromatic N) is 2. The number of likely N-dealkylation sites (tertiary alicyclic amines) is 1. The van der Waals surface area contributed by atoms with E-state index in [1.54, 1.807) is 0 Å². The van der Waals surface area contributed by atoms with E-state index >= 15 is 0 Å². The summed E-state index contributed by atoms with van der Waals surface area (Å²) in [6.45, 7) is 12.8. The molecular formula is C13H29IN4.